The molecule has 2 aromatic rings. The van der Waals surface area contributed by atoms with E-state index in [9.17, 15) is 0 Å². The largest absolute Gasteiger partial charge is 0.344 e. The van der Waals surface area contributed by atoms with Crippen LogP contribution in [0.3, 0.4) is 0 Å². The summed E-state index contributed by atoms with van der Waals surface area (Å²) in [7, 11) is 2.15. The second-order valence-electron chi connectivity index (χ2n) is 4.66. The highest BCUT2D eigenvalue weighted by Gasteiger charge is 2.25. The van der Waals surface area contributed by atoms with Crippen LogP contribution in [0.2, 0.25) is 0 Å². The van der Waals surface area contributed by atoms with Crippen LogP contribution in [0.4, 0.5) is 11.4 Å². The van der Waals surface area contributed by atoms with Crippen LogP contribution >= 0.6 is 23.5 Å². The van der Waals surface area contributed by atoms with Gasteiger partial charge in [-0.05, 0) is 24.6 Å². The molecule has 0 bridgehead atoms. The number of rotatable bonds is 2. The van der Waals surface area contributed by atoms with Crippen molar-refractivity contribution in [3.63, 3.8) is 0 Å². The van der Waals surface area contributed by atoms with E-state index < -0.39 is 0 Å². The van der Waals surface area contributed by atoms with E-state index in [1.807, 2.05) is 23.5 Å². The first-order chi connectivity index (χ1) is 9.77. The molecule has 0 spiro atoms. The van der Waals surface area contributed by atoms with Crippen molar-refractivity contribution in [2.45, 2.75) is 0 Å². The van der Waals surface area contributed by atoms with Gasteiger partial charge in [0, 0.05) is 39.4 Å². The van der Waals surface area contributed by atoms with Gasteiger partial charge >= 0.3 is 0 Å². The van der Waals surface area contributed by atoms with Crippen molar-refractivity contribution in [1.82, 2.24) is 0 Å². The molecule has 0 radical (unpaired) electrons. The normalized spacial score (nSPS) is 12.9. The molecule has 3 rings (SSSR count). The van der Waals surface area contributed by atoms with Gasteiger partial charge in [0.25, 0.3) is 0 Å². The van der Waals surface area contributed by atoms with Crippen molar-refractivity contribution in [2.75, 3.05) is 24.5 Å². The summed E-state index contributed by atoms with van der Waals surface area (Å²) in [5, 5.41) is 0. The molecular formula is C17H17NS2. The number of hydrogen-bond acceptors (Lipinski definition) is 3. The van der Waals surface area contributed by atoms with Gasteiger partial charge in [0.05, 0.1) is 0 Å². The Hall–Kier alpha value is -1.32. The Morgan fingerprint density at radius 1 is 0.800 bits per heavy atom. The van der Waals surface area contributed by atoms with Gasteiger partial charge in [0.1, 0.15) is 0 Å². The van der Waals surface area contributed by atoms with Crippen molar-refractivity contribution < 1.29 is 0 Å². The summed E-state index contributed by atoms with van der Waals surface area (Å²) in [6, 6.07) is 17.3. The van der Waals surface area contributed by atoms with Crippen molar-refractivity contribution in [3.8, 4) is 0 Å². The fourth-order valence-corrected chi connectivity index (χ4v) is 4.25. The average Bonchev–Trinajstić information content (AvgIpc) is 2.51. The van der Waals surface area contributed by atoms with E-state index >= 15 is 0 Å². The van der Waals surface area contributed by atoms with Crippen LogP contribution in [0.25, 0.3) is 5.57 Å². The third-order valence-electron chi connectivity index (χ3n) is 3.64. The second kappa shape index (κ2) is 5.58. The summed E-state index contributed by atoms with van der Waals surface area (Å²) in [5.74, 6) is 0. The molecule has 1 aliphatic rings. The van der Waals surface area contributed by atoms with Gasteiger partial charge in [0.2, 0.25) is 0 Å². The molecule has 0 atom stereocenters. The quantitative estimate of drug-likeness (QED) is 0.749. The molecule has 0 N–H and O–H groups in total. The molecule has 0 unspecified atom stereocenters. The van der Waals surface area contributed by atoms with Crippen LogP contribution in [0, 0.1) is 0 Å². The van der Waals surface area contributed by atoms with Crippen LogP contribution < -0.4 is 4.90 Å². The lowest BCUT2D eigenvalue weighted by Crippen LogP contribution is -2.18. The lowest BCUT2D eigenvalue weighted by Gasteiger charge is -2.32. The summed E-state index contributed by atoms with van der Waals surface area (Å²) in [6.45, 7) is 0. The minimum Gasteiger partial charge on any atom is -0.344 e. The Balaban J connectivity index is 2.36. The number of benzene rings is 2. The molecule has 2 aromatic carbocycles. The maximum atomic E-state index is 2.28. The highest BCUT2D eigenvalue weighted by Crippen LogP contribution is 2.48. The van der Waals surface area contributed by atoms with Crippen molar-refractivity contribution in [3.05, 3.63) is 63.9 Å². The number of fused-ring (bicyclic) bond motifs is 2. The molecule has 20 heavy (non-hydrogen) atoms. The Kier molecular flexibility index (Phi) is 3.81. The van der Waals surface area contributed by atoms with Crippen molar-refractivity contribution in [1.29, 1.82) is 0 Å². The fourth-order valence-electron chi connectivity index (χ4n) is 2.74. The Morgan fingerprint density at radius 3 is 1.70 bits per heavy atom. The molecule has 0 amide bonds. The molecule has 0 saturated carbocycles. The minimum atomic E-state index is 1.28. The van der Waals surface area contributed by atoms with Crippen LogP contribution in [0.15, 0.2) is 52.8 Å². The summed E-state index contributed by atoms with van der Waals surface area (Å²) in [5.41, 5.74) is 6.58. The molecule has 1 heterocycles. The molecule has 0 aliphatic carbocycles. The summed E-state index contributed by atoms with van der Waals surface area (Å²) < 4.78 is 1.37. The third kappa shape index (κ3) is 2.05. The zero-order valence-corrected chi connectivity index (χ0v) is 13.5. The molecular weight excluding hydrogens is 282 g/mol. The van der Waals surface area contributed by atoms with E-state index in [0.717, 1.165) is 0 Å². The lowest BCUT2D eigenvalue weighted by atomic mass is 9.92. The number of nitrogens with zero attached hydrogens (tertiary/aromatic N) is 1. The molecule has 0 fully saturated rings. The molecule has 3 heteroatoms. The van der Waals surface area contributed by atoms with Gasteiger partial charge in [-0.3, -0.25) is 0 Å². The van der Waals surface area contributed by atoms with Gasteiger partial charge < -0.3 is 4.90 Å². The van der Waals surface area contributed by atoms with Gasteiger partial charge in [-0.15, -0.1) is 23.5 Å². The number of hydrogen-bond donors (Lipinski definition) is 0. The zero-order valence-electron chi connectivity index (χ0n) is 11.9. The fraction of sp³-hybridized carbons (Fsp3) is 0.176. The SMILES string of the molecule is CSC(SC)=C1c2ccccc2N(C)c2ccccc21. The number of thioether (sulfide) groups is 2. The van der Waals surface area contributed by atoms with Gasteiger partial charge in [0.15, 0.2) is 0 Å². The minimum absolute atomic E-state index is 1.28. The van der Waals surface area contributed by atoms with Crippen LogP contribution in [0.1, 0.15) is 11.1 Å². The second-order valence-corrected chi connectivity index (χ2v) is 6.56. The van der Waals surface area contributed by atoms with E-state index in [-0.39, 0.29) is 0 Å². The first kappa shape index (κ1) is 13.7. The van der Waals surface area contributed by atoms with Crippen LogP contribution in [-0.2, 0) is 0 Å². The maximum absolute atomic E-state index is 2.28. The standard InChI is InChI=1S/C17H17NS2/c1-18-14-10-6-4-8-12(14)16(17(19-2)20-3)13-9-5-7-11-15(13)18/h4-11H,1-3H3. The maximum Gasteiger partial charge on any atom is 0.0488 e. The summed E-state index contributed by atoms with van der Waals surface area (Å²) in [6.07, 6.45) is 4.31. The molecule has 1 aliphatic heterocycles. The van der Waals surface area contributed by atoms with E-state index in [4.69, 9.17) is 0 Å². The average molecular weight is 299 g/mol. The van der Waals surface area contributed by atoms with E-state index in [0.29, 0.717) is 0 Å². The Bertz CT molecular complexity index is 621. The molecule has 0 saturated heterocycles. The number of para-hydroxylation sites is 2. The van der Waals surface area contributed by atoms with E-state index in [1.165, 1.54) is 32.3 Å². The predicted molar refractivity (Wildman–Crippen MR) is 94.0 cm³/mol. The number of anilines is 2. The summed E-state index contributed by atoms with van der Waals surface area (Å²) in [4.78, 5) is 2.28. The van der Waals surface area contributed by atoms with Gasteiger partial charge in [-0.1, -0.05) is 36.4 Å². The van der Waals surface area contributed by atoms with Gasteiger partial charge in [-0.2, -0.15) is 0 Å². The highest BCUT2D eigenvalue weighted by molar-refractivity contribution is 8.21. The van der Waals surface area contributed by atoms with Crippen LogP contribution in [-0.4, -0.2) is 19.6 Å². The monoisotopic (exact) mass is 299 g/mol. The zero-order chi connectivity index (χ0) is 14.1. The third-order valence-corrected chi connectivity index (χ3v) is 5.79. The molecule has 1 nitrogen and oxygen atoms in total. The van der Waals surface area contributed by atoms with E-state index in [1.54, 1.807) is 0 Å². The summed E-state index contributed by atoms with van der Waals surface area (Å²) >= 11 is 3.66. The highest BCUT2D eigenvalue weighted by atomic mass is 32.2. The predicted octanol–water partition coefficient (Wildman–Crippen LogP) is 5.21. The smallest absolute Gasteiger partial charge is 0.0488 e. The van der Waals surface area contributed by atoms with Crippen molar-refractivity contribution >= 4 is 40.5 Å². The Labute approximate surface area is 129 Å². The Morgan fingerprint density at radius 2 is 1.25 bits per heavy atom. The van der Waals surface area contributed by atoms with Crippen LogP contribution in [0.5, 0.6) is 0 Å². The van der Waals surface area contributed by atoms with Gasteiger partial charge in [-0.25, -0.2) is 0 Å². The van der Waals surface area contributed by atoms with Crippen molar-refractivity contribution in [2.24, 2.45) is 0 Å². The topological polar surface area (TPSA) is 3.24 Å². The van der Waals surface area contributed by atoms with E-state index in [2.05, 4.69) is 73.0 Å². The first-order valence-electron chi connectivity index (χ1n) is 6.52. The lowest BCUT2D eigenvalue weighted by molar-refractivity contribution is 1.17. The first-order valence-corrected chi connectivity index (χ1v) is 8.97. The molecule has 0 aromatic heterocycles. The molecule has 102 valence electrons.